The highest BCUT2D eigenvalue weighted by molar-refractivity contribution is 7.80. The Bertz CT molecular complexity index is 422. The van der Waals surface area contributed by atoms with Gasteiger partial charge < -0.3 is 10.5 Å². The molecule has 0 spiro atoms. The average Bonchev–Trinajstić information content (AvgIpc) is 2.46. The fourth-order valence-electron chi connectivity index (χ4n) is 2.94. The number of likely N-dealkylation sites (tertiary alicyclic amines) is 1. The van der Waals surface area contributed by atoms with Gasteiger partial charge in [0.1, 0.15) is 0 Å². The van der Waals surface area contributed by atoms with Crippen LogP contribution in [0.1, 0.15) is 37.8 Å². The van der Waals surface area contributed by atoms with E-state index < -0.39 is 0 Å². The molecule has 1 heterocycles. The van der Waals surface area contributed by atoms with E-state index in [1.165, 1.54) is 12.0 Å². The summed E-state index contributed by atoms with van der Waals surface area (Å²) in [6.07, 6.45) is 3.40. The van der Waals surface area contributed by atoms with Gasteiger partial charge in [-0.25, -0.2) is 0 Å². The van der Waals surface area contributed by atoms with E-state index in [1.807, 2.05) is 6.07 Å². The van der Waals surface area contributed by atoms with E-state index in [1.54, 1.807) is 0 Å². The molecule has 1 aliphatic rings. The summed E-state index contributed by atoms with van der Waals surface area (Å²) in [7, 11) is 0. The summed E-state index contributed by atoms with van der Waals surface area (Å²) in [4.78, 5) is 3.05. The third-order valence-electron chi connectivity index (χ3n) is 3.83. The Morgan fingerprint density at radius 3 is 2.85 bits per heavy atom. The zero-order valence-electron chi connectivity index (χ0n) is 12.1. The summed E-state index contributed by atoms with van der Waals surface area (Å²) in [5.74, 6) is 0. The third kappa shape index (κ3) is 4.27. The Balaban J connectivity index is 2.12. The van der Waals surface area contributed by atoms with E-state index in [0.717, 1.165) is 32.5 Å². The predicted molar refractivity (Wildman–Crippen MR) is 86.8 cm³/mol. The van der Waals surface area contributed by atoms with Crippen molar-refractivity contribution in [2.24, 2.45) is 5.73 Å². The molecule has 4 heteroatoms. The van der Waals surface area contributed by atoms with Crippen LogP contribution >= 0.6 is 12.2 Å². The number of nitrogens with zero attached hydrogens (tertiary/aromatic N) is 1. The second-order valence-electron chi connectivity index (χ2n) is 5.31. The number of hydrogen-bond acceptors (Lipinski definition) is 3. The van der Waals surface area contributed by atoms with Gasteiger partial charge in [0.25, 0.3) is 0 Å². The summed E-state index contributed by atoms with van der Waals surface area (Å²) in [5.41, 5.74) is 7.09. The molecule has 1 aliphatic heterocycles. The Morgan fingerprint density at radius 2 is 2.20 bits per heavy atom. The van der Waals surface area contributed by atoms with E-state index in [4.69, 9.17) is 22.7 Å². The predicted octanol–water partition coefficient (Wildman–Crippen LogP) is 2.90. The Morgan fingerprint density at radius 1 is 1.45 bits per heavy atom. The van der Waals surface area contributed by atoms with Crippen LogP contribution in [-0.2, 0) is 4.74 Å². The Hall–Kier alpha value is -0.970. The van der Waals surface area contributed by atoms with Crippen LogP contribution in [0.5, 0.6) is 0 Å². The minimum atomic E-state index is 0.275. The van der Waals surface area contributed by atoms with Crippen molar-refractivity contribution in [3.8, 4) is 0 Å². The zero-order chi connectivity index (χ0) is 14.4. The second-order valence-corrected chi connectivity index (χ2v) is 5.84. The van der Waals surface area contributed by atoms with E-state index in [-0.39, 0.29) is 6.04 Å². The lowest BCUT2D eigenvalue weighted by Gasteiger charge is -2.38. The summed E-state index contributed by atoms with van der Waals surface area (Å²) in [6.45, 7) is 4.90. The molecular formula is C16H24N2OS. The number of ether oxygens (including phenoxy) is 1. The first-order valence-electron chi connectivity index (χ1n) is 7.39. The van der Waals surface area contributed by atoms with Crippen molar-refractivity contribution in [1.82, 2.24) is 4.90 Å². The highest BCUT2D eigenvalue weighted by Gasteiger charge is 2.27. The molecule has 1 aromatic carbocycles. The lowest BCUT2D eigenvalue weighted by atomic mass is 9.98. The fraction of sp³-hybridized carbons (Fsp3) is 0.562. The molecule has 110 valence electrons. The molecule has 0 radical (unpaired) electrons. The maximum absolute atomic E-state index is 5.80. The molecule has 20 heavy (non-hydrogen) atoms. The summed E-state index contributed by atoms with van der Waals surface area (Å²) < 4.78 is 5.80. The smallest absolute Gasteiger partial charge is 0.0746 e. The monoisotopic (exact) mass is 292 g/mol. The molecule has 0 bridgehead atoms. The Kier molecular flexibility index (Phi) is 5.95. The van der Waals surface area contributed by atoms with Crippen LogP contribution in [0.15, 0.2) is 30.3 Å². The number of piperidine rings is 1. The van der Waals surface area contributed by atoms with Gasteiger partial charge in [0.05, 0.1) is 11.1 Å². The lowest BCUT2D eigenvalue weighted by Crippen LogP contribution is -2.42. The minimum absolute atomic E-state index is 0.275. The van der Waals surface area contributed by atoms with Crippen LogP contribution in [0.2, 0.25) is 0 Å². The molecule has 2 rings (SSSR count). The first kappa shape index (κ1) is 15.4. The molecule has 2 N–H and O–H groups in total. The van der Waals surface area contributed by atoms with Crippen LogP contribution in [0.4, 0.5) is 0 Å². The lowest BCUT2D eigenvalue weighted by molar-refractivity contribution is -0.00684. The minimum Gasteiger partial charge on any atom is -0.393 e. The molecule has 0 amide bonds. The van der Waals surface area contributed by atoms with Crippen LogP contribution in [0.3, 0.4) is 0 Å². The van der Waals surface area contributed by atoms with Gasteiger partial charge in [0, 0.05) is 25.6 Å². The quantitative estimate of drug-likeness (QED) is 0.818. The SMILES string of the molecule is CCOC1CCCN(C(CC(N)=S)c2ccccc2)C1. The molecule has 1 saturated heterocycles. The van der Waals surface area contributed by atoms with Crippen molar-refractivity contribution >= 4 is 17.2 Å². The van der Waals surface area contributed by atoms with Crippen molar-refractivity contribution in [3.63, 3.8) is 0 Å². The number of nitrogens with two attached hydrogens (primary N) is 1. The molecule has 0 aromatic heterocycles. The van der Waals surface area contributed by atoms with Gasteiger partial charge in [0.2, 0.25) is 0 Å². The van der Waals surface area contributed by atoms with Crippen molar-refractivity contribution in [2.45, 2.75) is 38.3 Å². The highest BCUT2D eigenvalue weighted by Crippen LogP contribution is 2.28. The number of thiocarbonyl (C=S) groups is 1. The third-order valence-corrected chi connectivity index (χ3v) is 4.00. The van der Waals surface area contributed by atoms with Gasteiger partial charge in [-0.15, -0.1) is 0 Å². The van der Waals surface area contributed by atoms with E-state index in [0.29, 0.717) is 11.1 Å². The fourth-order valence-corrected chi connectivity index (χ4v) is 3.10. The Labute approximate surface area is 127 Å². The summed E-state index contributed by atoms with van der Waals surface area (Å²) in [5, 5.41) is 0. The molecule has 1 aromatic rings. The number of hydrogen-bond donors (Lipinski definition) is 1. The molecule has 2 atom stereocenters. The summed E-state index contributed by atoms with van der Waals surface area (Å²) in [6, 6.07) is 10.8. The normalized spacial score (nSPS) is 21.6. The molecule has 0 saturated carbocycles. The number of benzene rings is 1. The maximum Gasteiger partial charge on any atom is 0.0746 e. The molecule has 3 nitrogen and oxygen atoms in total. The zero-order valence-corrected chi connectivity index (χ0v) is 12.9. The highest BCUT2D eigenvalue weighted by atomic mass is 32.1. The van der Waals surface area contributed by atoms with Gasteiger partial charge >= 0.3 is 0 Å². The standard InChI is InChI=1S/C16H24N2OS/c1-2-19-14-9-6-10-18(12-14)15(11-16(17)20)13-7-4-3-5-8-13/h3-5,7-8,14-15H,2,6,9-12H2,1H3,(H2,17,20). The largest absolute Gasteiger partial charge is 0.393 e. The van der Waals surface area contributed by atoms with Crippen LogP contribution < -0.4 is 5.73 Å². The van der Waals surface area contributed by atoms with Gasteiger partial charge in [-0.3, -0.25) is 4.90 Å². The first-order valence-corrected chi connectivity index (χ1v) is 7.80. The molecule has 0 aliphatic carbocycles. The summed E-state index contributed by atoms with van der Waals surface area (Å²) >= 11 is 5.14. The van der Waals surface area contributed by atoms with Crippen molar-refractivity contribution < 1.29 is 4.74 Å². The van der Waals surface area contributed by atoms with Gasteiger partial charge in [-0.2, -0.15) is 0 Å². The maximum atomic E-state index is 5.80. The van der Waals surface area contributed by atoms with Crippen molar-refractivity contribution in [1.29, 1.82) is 0 Å². The van der Waals surface area contributed by atoms with Crippen LogP contribution in [0, 0.1) is 0 Å². The van der Waals surface area contributed by atoms with Crippen LogP contribution in [-0.4, -0.2) is 35.7 Å². The van der Waals surface area contributed by atoms with Gasteiger partial charge in [-0.05, 0) is 31.9 Å². The van der Waals surface area contributed by atoms with E-state index >= 15 is 0 Å². The van der Waals surface area contributed by atoms with Crippen molar-refractivity contribution in [3.05, 3.63) is 35.9 Å². The number of rotatable bonds is 6. The van der Waals surface area contributed by atoms with Gasteiger partial charge in [-0.1, -0.05) is 42.5 Å². The topological polar surface area (TPSA) is 38.5 Å². The van der Waals surface area contributed by atoms with E-state index in [2.05, 4.69) is 36.1 Å². The molecule has 1 fully saturated rings. The molecule has 2 unspecified atom stereocenters. The van der Waals surface area contributed by atoms with Crippen LogP contribution in [0.25, 0.3) is 0 Å². The second kappa shape index (κ2) is 7.72. The average molecular weight is 292 g/mol. The molecular weight excluding hydrogens is 268 g/mol. The van der Waals surface area contributed by atoms with E-state index in [9.17, 15) is 0 Å². The van der Waals surface area contributed by atoms with Crippen molar-refractivity contribution in [2.75, 3.05) is 19.7 Å². The van der Waals surface area contributed by atoms with Gasteiger partial charge in [0.15, 0.2) is 0 Å². The first-order chi connectivity index (χ1) is 9.70.